The highest BCUT2D eigenvalue weighted by atomic mass is 16.5. The summed E-state index contributed by atoms with van der Waals surface area (Å²) in [6, 6.07) is 17.7. The Hall–Kier alpha value is -1.84. The van der Waals surface area contributed by atoms with Crippen LogP contribution < -0.4 is 10.1 Å². The molecule has 104 valence electrons. The van der Waals surface area contributed by atoms with Crippen LogP contribution in [0.2, 0.25) is 0 Å². The van der Waals surface area contributed by atoms with Crippen LogP contribution in [0.4, 0.5) is 0 Å². The smallest absolute Gasteiger partial charge is 0.127 e. The van der Waals surface area contributed by atoms with Crippen molar-refractivity contribution in [2.75, 3.05) is 13.1 Å². The van der Waals surface area contributed by atoms with Crippen molar-refractivity contribution in [3.8, 4) is 11.5 Å². The summed E-state index contributed by atoms with van der Waals surface area (Å²) in [4.78, 5) is 0. The molecule has 3 heteroatoms. The standard InChI is InChI=1S/C17H19NO2/c19-17(10-11-18-13-17)12-14-6-8-16(9-7-14)20-15-4-2-1-3-5-15/h1-9,18-19H,10-13H2. The number of nitrogens with one attached hydrogen (secondary N) is 1. The quantitative estimate of drug-likeness (QED) is 0.896. The SMILES string of the molecule is OC1(Cc2ccc(Oc3ccccc3)cc2)CCNC1. The zero-order valence-corrected chi connectivity index (χ0v) is 11.4. The summed E-state index contributed by atoms with van der Waals surface area (Å²) in [6.07, 6.45) is 1.50. The Bertz CT molecular complexity index is 545. The van der Waals surface area contributed by atoms with E-state index < -0.39 is 5.60 Å². The van der Waals surface area contributed by atoms with Crippen molar-refractivity contribution >= 4 is 0 Å². The number of aliphatic hydroxyl groups is 1. The number of benzene rings is 2. The molecule has 1 fully saturated rings. The molecular weight excluding hydrogens is 250 g/mol. The molecule has 0 saturated carbocycles. The average Bonchev–Trinajstić information content (AvgIpc) is 2.89. The van der Waals surface area contributed by atoms with Crippen molar-refractivity contribution in [3.63, 3.8) is 0 Å². The van der Waals surface area contributed by atoms with Crippen LogP contribution in [-0.4, -0.2) is 23.8 Å². The van der Waals surface area contributed by atoms with Crippen molar-refractivity contribution in [2.45, 2.75) is 18.4 Å². The molecule has 0 amide bonds. The van der Waals surface area contributed by atoms with E-state index in [1.807, 2.05) is 54.6 Å². The highest BCUT2D eigenvalue weighted by Crippen LogP contribution is 2.24. The van der Waals surface area contributed by atoms with Crippen LogP contribution in [0.3, 0.4) is 0 Å². The Labute approximate surface area is 119 Å². The van der Waals surface area contributed by atoms with E-state index in [0.717, 1.165) is 30.0 Å². The van der Waals surface area contributed by atoms with Crippen LogP contribution >= 0.6 is 0 Å². The molecule has 1 atom stereocenters. The maximum absolute atomic E-state index is 10.4. The summed E-state index contributed by atoms with van der Waals surface area (Å²) < 4.78 is 5.75. The molecular formula is C17H19NO2. The Balaban J connectivity index is 1.65. The minimum Gasteiger partial charge on any atom is -0.457 e. The Morgan fingerprint density at radius 1 is 1.00 bits per heavy atom. The van der Waals surface area contributed by atoms with E-state index in [-0.39, 0.29) is 0 Å². The van der Waals surface area contributed by atoms with Crippen molar-refractivity contribution in [3.05, 3.63) is 60.2 Å². The van der Waals surface area contributed by atoms with E-state index in [1.54, 1.807) is 0 Å². The van der Waals surface area contributed by atoms with Crippen LogP contribution in [0.1, 0.15) is 12.0 Å². The topological polar surface area (TPSA) is 41.5 Å². The molecule has 3 nitrogen and oxygen atoms in total. The average molecular weight is 269 g/mol. The third-order valence-electron chi connectivity index (χ3n) is 3.66. The second-order valence-corrected chi connectivity index (χ2v) is 5.39. The van der Waals surface area contributed by atoms with Gasteiger partial charge < -0.3 is 15.2 Å². The summed E-state index contributed by atoms with van der Waals surface area (Å²) in [7, 11) is 0. The Kier molecular flexibility index (Phi) is 3.72. The molecule has 20 heavy (non-hydrogen) atoms. The van der Waals surface area contributed by atoms with Crippen LogP contribution in [0.5, 0.6) is 11.5 Å². The van der Waals surface area contributed by atoms with Gasteiger partial charge >= 0.3 is 0 Å². The van der Waals surface area contributed by atoms with E-state index in [9.17, 15) is 5.11 Å². The molecule has 1 unspecified atom stereocenters. The van der Waals surface area contributed by atoms with Crippen LogP contribution in [0.15, 0.2) is 54.6 Å². The molecule has 0 spiro atoms. The predicted molar refractivity (Wildman–Crippen MR) is 79.1 cm³/mol. The maximum Gasteiger partial charge on any atom is 0.127 e. The summed E-state index contributed by atoms with van der Waals surface area (Å²) in [6.45, 7) is 1.57. The number of para-hydroxylation sites is 1. The molecule has 3 rings (SSSR count). The van der Waals surface area contributed by atoms with Gasteiger partial charge in [-0.05, 0) is 42.8 Å². The highest BCUT2D eigenvalue weighted by molar-refractivity contribution is 5.33. The van der Waals surface area contributed by atoms with Gasteiger partial charge in [-0.3, -0.25) is 0 Å². The van der Waals surface area contributed by atoms with Gasteiger partial charge in [0.05, 0.1) is 5.60 Å². The monoisotopic (exact) mass is 269 g/mol. The summed E-state index contributed by atoms with van der Waals surface area (Å²) in [5, 5.41) is 13.6. The van der Waals surface area contributed by atoms with E-state index in [2.05, 4.69) is 5.32 Å². The molecule has 1 heterocycles. The first-order valence-corrected chi connectivity index (χ1v) is 6.99. The predicted octanol–water partition coefficient (Wildman–Crippen LogP) is 2.75. The fraction of sp³-hybridized carbons (Fsp3) is 0.294. The Morgan fingerprint density at radius 3 is 2.35 bits per heavy atom. The molecule has 2 N–H and O–H groups in total. The summed E-state index contributed by atoms with van der Waals surface area (Å²) in [5.74, 6) is 1.65. The number of hydrogen-bond acceptors (Lipinski definition) is 3. The van der Waals surface area contributed by atoms with Gasteiger partial charge in [0.1, 0.15) is 11.5 Å². The van der Waals surface area contributed by atoms with Crippen LogP contribution in [-0.2, 0) is 6.42 Å². The molecule has 1 saturated heterocycles. The first-order valence-electron chi connectivity index (χ1n) is 6.99. The first kappa shape index (κ1) is 13.2. The summed E-state index contributed by atoms with van der Waals surface area (Å²) in [5.41, 5.74) is 0.540. The van der Waals surface area contributed by atoms with E-state index >= 15 is 0 Å². The van der Waals surface area contributed by atoms with E-state index in [0.29, 0.717) is 13.0 Å². The lowest BCUT2D eigenvalue weighted by atomic mass is 9.94. The van der Waals surface area contributed by atoms with Crippen molar-refractivity contribution in [2.24, 2.45) is 0 Å². The first-order chi connectivity index (χ1) is 9.73. The van der Waals surface area contributed by atoms with E-state index in [1.165, 1.54) is 0 Å². The van der Waals surface area contributed by atoms with Crippen LogP contribution in [0, 0.1) is 0 Å². The second kappa shape index (κ2) is 5.65. The maximum atomic E-state index is 10.4. The molecule has 0 aliphatic carbocycles. The number of rotatable bonds is 4. The van der Waals surface area contributed by atoms with Gasteiger partial charge in [0.15, 0.2) is 0 Å². The van der Waals surface area contributed by atoms with Gasteiger partial charge in [-0.1, -0.05) is 30.3 Å². The number of hydrogen-bond donors (Lipinski definition) is 2. The molecule has 0 bridgehead atoms. The molecule has 0 aromatic heterocycles. The van der Waals surface area contributed by atoms with Gasteiger partial charge in [0.2, 0.25) is 0 Å². The highest BCUT2D eigenvalue weighted by Gasteiger charge is 2.30. The van der Waals surface area contributed by atoms with Gasteiger partial charge in [0.25, 0.3) is 0 Å². The Morgan fingerprint density at radius 2 is 1.70 bits per heavy atom. The third-order valence-corrected chi connectivity index (χ3v) is 3.66. The minimum atomic E-state index is -0.595. The zero-order valence-electron chi connectivity index (χ0n) is 11.4. The van der Waals surface area contributed by atoms with Crippen molar-refractivity contribution in [1.29, 1.82) is 0 Å². The lowest BCUT2D eigenvalue weighted by Gasteiger charge is -2.21. The van der Waals surface area contributed by atoms with Crippen molar-refractivity contribution < 1.29 is 9.84 Å². The lowest BCUT2D eigenvalue weighted by molar-refractivity contribution is 0.0619. The van der Waals surface area contributed by atoms with Crippen LogP contribution in [0.25, 0.3) is 0 Å². The number of ether oxygens (including phenoxy) is 1. The van der Waals surface area contributed by atoms with Gasteiger partial charge in [-0.15, -0.1) is 0 Å². The largest absolute Gasteiger partial charge is 0.457 e. The van der Waals surface area contributed by atoms with Gasteiger partial charge in [-0.25, -0.2) is 0 Å². The van der Waals surface area contributed by atoms with E-state index in [4.69, 9.17) is 4.74 Å². The molecule has 1 aliphatic rings. The van der Waals surface area contributed by atoms with Crippen molar-refractivity contribution in [1.82, 2.24) is 5.32 Å². The molecule has 2 aromatic rings. The minimum absolute atomic E-state index is 0.595. The fourth-order valence-electron chi connectivity index (χ4n) is 2.56. The second-order valence-electron chi connectivity index (χ2n) is 5.39. The normalized spacial score (nSPS) is 21.9. The molecule has 0 radical (unpaired) electrons. The summed E-state index contributed by atoms with van der Waals surface area (Å²) >= 11 is 0. The van der Waals surface area contributed by atoms with Gasteiger partial charge in [-0.2, -0.15) is 0 Å². The number of β-amino-alcohol motifs (C(OH)–C–C–N with tert-alkyl or cyclic N) is 1. The lowest BCUT2D eigenvalue weighted by Crippen LogP contribution is -2.33. The zero-order chi connectivity index (χ0) is 13.8. The fourth-order valence-corrected chi connectivity index (χ4v) is 2.56. The van der Waals surface area contributed by atoms with Gasteiger partial charge in [0, 0.05) is 13.0 Å². The third kappa shape index (κ3) is 3.18. The molecule has 1 aliphatic heterocycles. The molecule has 2 aromatic carbocycles.